The van der Waals surface area contributed by atoms with E-state index in [0.29, 0.717) is 0 Å². The highest BCUT2D eigenvalue weighted by Crippen LogP contribution is 2.47. The van der Waals surface area contributed by atoms with Gasteiger partial charge in [-0.15, -0.1) is 0 Å². The maximum atomic E-state index is 6.32. The number of ether oxygens (including phenoxy) is 1. The number of aromatic nitrogens is 1. The van der Waals surface area contributed by atoms with Gasteiger partial charge in [-0.2, -0.15) is 0 Å². The van der Waals surface area contributed by atoms with Crippen molar-refractivity contribution in [1.29, 1.82) is 0 Å². The fraction of sp³-hybridized carbons (Fsp3) is 0. The highest BCUT2D eigenvalue weighted by Gasteiger charge is 2.20. The zero-order chi connectivity index (χ0) is 23.6. The summed E-state index contributed by atoms with van der Waals surface area (Å²) in [5, 5.41) is 4.94. The van der Waals surface area contributed by atoms with Gasteiger partial charge in [0.15, 0.2) is 0 Å². The van der Waals surface area contributed by atoms with E-state index < -0.39 is 0 Å². The van der Waals surface area contributed by atoms with E-state index in [2.05, 4.69) is 132 Å². The van der Waals surface area contributed by atoms with Crippen LogP contribution in [0.3, 0.4) is 0 Å². The number of nitrogens with zero attached hydrogens (tertiary/aromatic N) is 1. The third-order valence-corrected chi connectivity index (χ3v) is 7.37. The summed E-state index contributed by atoms with van der Waals surface area (Å²) in [6.45, 7) is 0. The molecule has 2 heteroatoms. The van der Waals surface area contributed by atoms with Gasteiger partial charge in [-0.3, -0.25) is 0 Å². The van der Waals surface area contributed by atoms with E-state index in [1.165, 1.54) is 49.3 Å². The van der Waals surface area contributed by atoms with Gasteiger partial charge >= 0.3 is 0 Å². The van der Waals surface area contributed by atoms with Crippen LogP contribution in [0.1, 0.15) is 0 Å². The van der Waals surface area contributed by atoms with Crippen LogP contribution in [0.25, 0.3) is 60.5 Å². The Morgan fingerprint density at radius 2 is 1.17 bits per heavy atom. The van der Waals surface area contributed by atoms with Gasteiger partial charge < -0.3 is 9.30 Å². The molecule has 2 nitrogen and oxygen atoms in total. The maximum Gasteiger partial charge on any atom is 0.135 e. The molecule has 0 saturated heterocycles. The second-order valence-corrected chi connectivity index (χ2v) is 9.39. The molecule has 0 aliphatic carbocycles. The first-order valence-electron chi connectivity index (χ1n) is 12.3. The molecule has 0 radical (unpaired) electrons. The summed E-state index contributed by atoms with van der Waals surface area (Å²) in [7, 11) is 0. The number of rotatable bonds is 2. The van der Waals surface area contributed by atoms with Gasteiger partial charge in [0.2, 0.25) is 0 Å². The van der Waals surface area contributed by atoms with Crippen LogP contribution < -0.4 is 4.74 Å². The van der Waals surface area contributed by atoms with E-state index in [1.54, 1.807) is 0 Å². The number of fused-ring (bicyclic) bond motifs is 5. The Bertz CT molecular complexity index is 1920. The Morgan fingerprint density at radius 1 is 0.472 bits per heavy atom. The van der Waals surface area contributed by atoms with Gasteiger partial charge in [0.25, 0.3) is 0 Å². The lowest BCUT2D eigenvalue weighted by Gasteiger charge is -2.22. The standard InChI is InChI=1S/C34H21NO/c1-3-15-30-26(12-1)27-13-2-4-16-31(27)35(30)25-11-5-10-23(20-25)24-18-19-32-29(21-24)28-14-6-8-22-9-7-17-33(36-32)34(22)28/h1-21H. The van der Waals surface area contributed by atoms with Crippen molar-refractivity contribution in [3.05, 3.63) is 127 Å². The minimum absolute atomic E-state index is 0.906. The average Bonchev–Trinajstić information content (AvgIpc) is 3.28. The first-order valence-corrected chi connectivity index (χ1v) is 12.3. The molecular weight excluding hydrogens is 438 g/mol. The third kappa shape index (κ3) is 2.73. The summed E-state index contributed by atoms with van der Waals surface area (Å²) in [5.41, 5.74) is 8.32. The third-order valence-electron chi connectivity index (χ3n) is 7.37. The molecule has 7 aromatic rings. The highest BCUT2D eigenvalue weighted by molar-refractivity contribution is 6.09. The summed E-state index contributed by atoms with van der Waals surface area (Å²) < 4.78 is 8.68. The molecule has 0 N–H and O–H groups in total. The van der Waals surface area contributed by atoms with E-state index in [1.807, 2.05) is 0 Å². The second-order valence-electron chi connectivity index (χ2n) is 9.39. The summed E-state index contributed by atoms with van der Waals surface area (Å²) in [6.07, 6.45) is 0. The minimum atomic E-state index is 0.906. The van der Waals surface area contributed by atoms with Crippen molar-refractivity contribution in [2.75, 3.05) is 0 Å². The van der Waals surface area contributed by atoms with Gasteiger partial charge in [0.05, 0.1) is 11.0 Å². The number of hydrogen-bond donors (Lipinski definition) is 0. The fourth-order valence-corrected chi connectivity index (χ4v) is 5.77. The Hall–Kier alpha value is -4.82. The Balaban J connectivity index is 1.32. The van der Waals surface area contributed by atoms with Crippen molar-refractivity contribution < 1.29 is 4.74 Å². The molecule has 2 heterocycles. The molecular formula is C34H21NO. The molecule has 0 spiro atoms. The Labute approximate surface area is 208 Å². The van der Waals surface area contributed by atoms with Crippen molar-refractivity contribution in [2.24, 2.45) is 0 Å². The molecule has 0 fully saturated rings. The first-order chi connectivity index (χ1) is 17.8. The maximum absolute atomic E-state index is 6.32. The van der Waals surface area contributed by atoms with E-state index in [4.69, 9.17) is 4.74 Å². The second kappa shape index (κ2) is 7.34. The van der Waals surface area contributed by atoms with Crippen molar-refractivity contribution in [3.8, 4) is 39.4 Å². The van der Waals surface area contributed by atoms with Crippen LogP contribution in [-0.2, 0) is 0 Å². The number of benzene rings is 6. The van der Waals surface area contributed by atoms with Crippen LogP contribution in [0, 0.1) is 0 Å². The molecule has 1 aromatic heterocycles. The van der Waals surface area contributed by atoms with Crippen LogP contribution in [0.4, 0.5) is 0 Å². The lowest BCUT2D eigenvalue weighted by molar-refractivity contribution is 0.487. The molecule has 0 bridgehead atoms. The first kappa shape index (κ1) is 19.5. The number of hydrogen-bond acceptors (Lipinski definition) is 1. The van der Waals surface area contributed by atoms with Crippen LogP contribution in [0.5, 0.6) is 11.5 Å². The van der Waals surface area contributed by atoms with E-state index >= 15 is 0 Å². The fourth-order valence-electron chi connectivity index (χ4n) is 5.77. The summed E-state index contributed by atoms with van der Waals surface area (Å²) in [4.78, 5) is 0. The minimum Gasteiger partial charge on any atom is -0.456 e. The van der Waals surface area contributed by atoms with Crippen molar-refractivity contribution in [1.82, 2.24) is 4.57 Å². The van der Waals surface area contributed by atoms with Crippen LogP contribution in [-0.4, -0.2) is 4.57 Å². The molecule has 168 valence electrons. The largest absolute Gasteiger partial charge is 0.456 e. The van der Waals surface area contributed by atoms with E-state index in [0.717, 1.165) is 22.7 Å². The van der Waals surface area contributed by atoms with Crippen LogP contribution >= 0.6 is 0 Å². The lowest BCUT2D eigenvalue weighted by atomic mass is 9.92. The Kier molecular flexibility index (Phi) is 3.97. The van der Waals surface area contributed by atoms with Crippen molar-refractivity contribution >= 4 is 32.6 Å². The SMILES string of the molecule is c1cc(-c2ccc3c(c2)-c2cccc4cccc(c24)O3)cc(-n2c3ccccc3c3ccccc32)c1. The molecule has 36 heavy (non-hydrogen) atoms. The summed E-state index contributed by atoms with van der Waals surface area (Å²) >= 11 is 0. The van der Waals surface area contributed by atoms with E-state index in [9.17, 15) is 0 Å². The number of para-hydroxylation sites is 2. The monoisotopic (exact) mass is 459 g/mol. The highest BCUT2D eigenvalue weighted by atomic mass is 16.5. The molecule has 1 aliphatic rings. The molecule has 0 amide bonds. The lowest BCUT2D eigenvalue weighted by Crippen LogP contribution is -1.97. The normalized spacial score (nSPS) is 12.1. The molecule has 1 aliphatic heterocycles. The Morgan fingerprint density at radius 3 is 1.97 bits per heavy atom. The van der Waals surface area contributed by atoms with Crippen molar-refractivity contribution in [3.63, 3.8) is 0 Å². The predicted octanol–water partition coefficient (Wildman–Crippen LogP) is 9.38. The van der Waals surface area contributed by atoms with Gasteiger partial charge in [-0.1, -0.05) is 84.9 Å². The van der Waals surface area contributed by atoms with Gasteiger partial charge in [0.1, 0.15) is 11.5 Å². The summed E-state index contributed by atoms with van der Waals surface area (Å²) in [5.74, 6) is 1.83. The zero-order valence-corrected chi connectivity index (χ0v) is 19.5. The van der Waals surface area contributed by atoms with E-state index in [-0.39, 0.29) is 0 Å². The molecule has 6 aromatic carbocycles. The van der Waals surface area contributed by atoms with Crippen LogP contribution in [0.15, 0.2) is 127 Å². The average molecular weight is 460 g/mol. The zero-order valence-electron chi connectivity index (χ0n) is 19.5. The predicted molar refractivity (Wildman–Crippen MR) is 149 cm³/mol. The molecule has 0 unspecified atom stereocenters. The topological polar surface area (TPSA) is 14.2 Å². The van der Waals surface area contributed by atoms with Gasteiger partial charge in [-0.05, 0) is 64.5 Å². The van der Waals surface area contributed by atoms with Crippen molar-refractivity contribution in [2.45, 2.75) is 0 Å². The van der Waals surface area contributed by atoms with Crippen LogP contribution in [0.2, 0.25) is 0 Å². The quantitative estimate of drug-likeness (QED) is 0.251. The smallest absolute Gasteiger partial charge is 0.135 e. The molecule has 8 rings (SSSR count). The van der Waals surface area contributed by atoms with Gasteiger partial charge in [0, 0.05) is 27.4 Å². The summed E-state index contributed by atoms with van der Waals surface area (Å²) in [6, 6.07) is 45.4. The molecule has 0 saturated carbocycles. The molecule has 0 atom stereocenters. The van der Waals surface area contributed by atoms with Gasteiger partial charge in [-0.25, -0.2) is 0 Å².